The number of methoxy groups -OCH3 is 1. The van der Waals surface area contributed by atoms with Crippen LogP contribution in [0.5, 0.6) is 5.75 Å². The molecule has 7 nitrogen and oxygen atoms in total. The van der Waals surface area contributed by atoms with Gasteiger partial charge in [0.1, 0.15) is 11.3 Å². The van der Waals surface area contributed by atoms with E-state index in [4.69, 9.17) is 4.74 Å². The third kappa shape index (κ3) is 3.59. The summed E-state index contributed by atoms with van der Waals surface area (Å²) in [7, 11) is 1.47. The Labute approximate surface area is 151 Å². The lowest BCUT2D eigenvalue weighted by Gasteiger charge is -2.21. The first-order valence-electron chi connectivity index (χ1n) is 8.45. The molecule has 2 heterocycles. The van der Waals surface area contributed by atoms with E-state index in [1.165, 1.54) is 24.9 Å². The van der Waals surface area contributed by atoms with Crippen molar-refractivity contribution in [2.45, 2.75) is 17.7 Å². The van der Waals surface area contributed by atoms with E-state index in [1.807, 2.05) is 6.26 Å². The van der Waals surface area contributed by atoms with Crippen LogP contribution in [0.15, 0.2) is 17.0 Å². The van der Waals surface area contributed by atoms with E-state index >= 15 is 0 Å². The number of thioether (sulfide) groups is 1. The number of nitrogens with zero attached hydrogens (tertiary/aromatic N) is 2. The number of carbonyl (C=O) groups is 1. The van der Waals surface area contributed by atoms with Gasteiger partial charge in [0.15, 0.2) is 0 Å². The Morgan fingerprint density at radius 3 is 2.48 bits per heavy atom. The summed E-state index contributed by atoms with van der Waals surface area (Å²) in [5, 5.41) is 14.9. The zero-order valence-corrected chi connectivity index (χ0v) is 15.3. The molecule has 2 atom stereocenters. The van der Waals surface area contributed by atoms with Gasteiger partial charge in [0.05, 0.1) is 23.0 Å². The molecule has 2 aliphatic rings. The smallest absolute Gasteiger partial charge is 0.285 e. The molecule has 0 radical (unpaired) electrons. The minimum absolute atomic E-state index is 0.153. The first-order chi connectivity index (χ1) is 12.0. The Bertz CT molecular complexity index is 668. The molecular formula is C17H23N3O4S. The summed E-state index contributed by atoms with van der Waals surface area (Å²) in [6, 6.07) is 2.95. The van der Waals surface area contributed by atoms with Crippen LogP contribution in [-0.4, -0.2) is 55.3 Å². The highest BCUT2D eigenvalue weighted by molar-refractivity contribution is 7.98. The van der Waals surface area contributed by atoms with E-state index in [2.05, 4.69) is 5.32 Å². The minimum Gasteiger partial charge on any atom is -0.495 e. The standard InChI is InChI=1S/C17H23N3O4S/c1-24-15-8-14(20(22)23)13(7-16(15)25-2)17(21)19-5-3-11-9-18-10-12(11)4-6-19/h7-8,11-12,18H,3-6,9-10H2,1-2H3/t11-,12+. The second-order valence-electron chi connectivity index (χ2n) is 6.53. The van der Waals surface area contributed by atoms with E-state index in [0.29, 0.717) is 30.7 Å². The van der Waals surface area contributed by atoms with E-state index in [0.717, 1.165) is 30.8 Å². The van der Waals surface area contributed by atoms with E-state index in [-0.39, 0.29) is 17.2 Å². The average Bonchev–Trinajstić information content (AvgIpc) is 2.98. The average molecular weight is 365 g/mol. The van der Waals surface area contributed by atoms with Crippen LogP contribution in [-0.2, 0) is 0 Å². The van der Waals surface area contributed by atoms with Gasteiger partial charge in [-0.25, -0.2) is 0 Å². The summed E-state index contributed by atoms with van der Waals surface area (Å²) in [6.45, 7) is 3.32. The fourth-order valence-corrected chi connectivity index (χ4v) is 4.36. The van der Waals surface area contributed by atoms with E-state index in [1.54, 1.807) is 11.0 Å². The van der Waals surface area contributed by atoms with Crippen LogP contribution < -0.4 is 10.1 Å². The molecule has 8 heteroatoms. The number of fused-ring (bicyclic) bond motifs is 1. The fraction of sp³-hybridized carbons (Fsp3) is 0.588. The molecule has 1 N–H and O–H groups in total. The molecular weight excluding hydrogens is 342 g/mol. The number of amides is 1. The van der Waals surface area contributed by atoms with Gasteiger partial charge in [0, 0.05) is 13.1 Å². The van der Waals surface area contributed by atoms with Crippen molar-refractivity contribution in [2.24, 2.45) is 11.8 Å². The van der Waals surface area contributed by atoms with Gasteiger partial charge in [0.2, 0.25) is 0 Å². The first-order valence-corrected chi connectivity index (χ1v) is 9.68. The molecule has 136 valence electrons. The van der Waals surface area contributed by atoms with Crippen LogP contribution >= 0.6 is 11.8 Å². The second-order valence-corrected chi connectivity index (χ2v) is 7.38. The Hall–Kier alpha value is -1.80. The highest BCUT2D eigenvalue weighted by Crippen LogP contribution is 2.36. The molecule has 0 saturated carbocycles. The van der Waals surface area contributed by atoms with Gasteiger partial charge in [-0.15, -0.1) is 11.8 Å². The van der Waals surface area contributed by atoms with Gasteiger partial charge in [-0.2, -0.15) is 0 Å². The van der Waals surface area contributed by atoms with Crippen molar-refractivity contribution in [3.05, 3.63) is 27.8 Å². The lowest BCUT2D eigenvalue weighted by atomic mass is 9.92. The number of hydrogen-bond donors (Lipinski definition) is 1. The molecule has 2 fully saturated rings. The minimum atomic E-state index is -0.504. The largest absolute Gasteiger partial charge is 0.495 e. The summed E-state index contributed by atoms with van der Waals surface area (Å²) in [5.41, 5.74) is -0.0360. The van der Waals surface area contributed by atoms with Gasteiger partial charge < -0.3 is 15.0 Å². The number of likely N-dealkylation sites (tertiary alicyclic amines) is 1. The van der Waals surface area contributed by atoms with Crippen molar-refractivity contribution in [1.82, 2.24) is 10.2 Å². The van der Waals surface area contributed by atoms with Crippen molar-refractivity contribution >= 4 is 23.4 Å². The third-order valence-electron chi connectivity index (χ3n) is 5.24. The van der Waals surface area contributed by atoms with Crippen molar-refractivity contribution < 1.29 is 14.5 Å². The predicted octanol–water partition coefficient (Wildman–Crippen LogP) is 2.40. The molecule has 0 spiro atoms. The first kappa shape index (κ1) is 18.0. The van der Waals surface area contributed by atoms with Gasteiger partial charge in [0.25, 0.3) is 11.6 Å². The molecule has 0 aromatic heterocycles. The number of carbonyl (C=O) groups excluding carboxylic acids is 1. The Kier molecular flexibility index (Phi) is 5.48. The number of hydrogen-bond acceptors (Lipinski definition) is 6. The lowest BCUT2D eigenvalue weighted by molar-refractivity contribution is -0.385. The van der Waals surface area contributed by atoms with Crippen molar-refractivity contribution in [1.29, 1.82) is 0 Å². The van der Waals surface area contributed by atoms with Crippen LogP contribution in [0.3, 0.4) is 0 Å². The second kappa shape index (κ2) is 7.61. The Morgan fingerprint density at radius 1 is 1.32 bits per heavy atom. The molecule has 2 saturated heterocycles. The third-order valence-corrected chi connectivity index (χ3v) is 5.99. The monoisotopic (exact) mass is 365 g/mol. The Balaban J connectivity index is 1.89. The van der Waals surface area contributed by atoms with Crippen LogP contribution in [0, 0.1) is 22.0 Å². The highest BCUT2D eigenvalue weighted by atomic mass is 32.2. The number of rotatable bonds is 4. The van der Waals surface area contributed by atoms with Crippen LogP contribution in [0.25, 0.3) is 0 Å². The fourth-order valence-electron chi connectivity index (χ4n) is 3.78. The van der Waals surface area contributed by atoms with Gasteiger partial charge in [-0.05, 0) is 50.1 Å². The van der Waals surface area contributed by atoms with Gasteiger partial charge >= 0.3 is 0 Å². The van der Waals surface area contributed by atoms with Gasteiger partial charge in [-0.1, -0.05) is 0 Å². The van der Waals surface area contributed by atoms with Crippen molar-refractivity contribution in [2.75, 3.05) is 39.5 Å². The summed E-state index contributed by atoms with van der Waals surface area (Å²) < 4.78 is 5.22. The molecule has 1 amide bonds. The number of nitro benzene ring substituents is 1. The number of nitro groups is 1. The molecule has 1 aromatic rings. The molecule has 25 heavy (non-hydrogen) atoms. The normalized spacial score (nSPS) is 23.0. The zero-order valence-electron chi connectivity index (χ0n) is 14.5. The van der Waals surface area contributed by atoms with E-state index in [9.17, 15) is 14.9 Å². The SMILES string of the molecule is COc1cc([N+](=O)[O-])c(C(=O)N2CC[C@@H]3CNC[C@@H]3CC2)cc1SC. The maximum absolute atomic E-state index is 13.0. The predicted molar refractivity (Wildman–Crippen MR) is 96.4 cm³/mol. The molecule has 0 aliphatic carbocycles. The maximum Gasteiger partial charge on any atom is 0.285 e. The number of benzene rings is 1. The molecule has 0 bridgehead atoms. The topological polar surface area (TPSA) is 84.7 Å². The quantitative estimate of drug-likeness (QED) is 0.501. The van der Waals surface area contributed by atoms with Gasteiger partial charge in [-0.3, -0.25) is 14.9 Å². The summed E-state index contributed by atoms with van der Waals surface area (Å²) in [5.74, 6) is 1.38. The van der Waals surface area contributed by atoms with Crippen LogP contribution in [0.4, 0.5) is 5.69 Å². The van der Waals surface area contributed by atoms with Crippen molar-refractivity contribution in [3.63, 3.8) is 0 Å². The van der Waals surface area contributed by atoms with Crippen LogP contribution in [0.1, 0.15) is 23.2 Å². The summed E-state index contributed by atoms with van der Waals surface area (Å²) >= 11 is 1.41. The zero-order chi connectivity index (χ0) is 18.0. The van der Waals surface area contributed by atoms with Crippen LogP contribution in [0.2, 0.25) is 0 Å². The lowest BCUT2D eigenvalue weighted by Crippen LogP contribution is -2.33. The maximum atomic E-state index is 13.0. The highest BCUT2D eigenvalue weighted by Gasteiger charge is 2.33. The molecule has 1 aromatic carbocycles. The number of nitrogens with one attached hydrogen (secondary N) is 1. The molecule has 2 aliphatic heterocycles. The number of ether oxygens (including phenoxy) is 1. The summed E-state index contributed by atoms with van der Waals surface area (Å²) in [6.07, 6.45) is 3.75. The Morgan fingerprint density at radius 2 is 1.96 bits per heavy atom. The van der Waals surface area contributed by atoms with E-state index < -0.39 is 4.92 Å². The molecule has 0 unspecified atom stereocenters. The van der Waals surface area contributed by atoms with Crippen molar-refractivity contribution in [3.8, 4) is 5.75 Å². The summed E-state index contributed by atoms with van der Waals surface area (Å²) in [4.78, 5) is 26.5. The molecule has 3 rings (SSSR count).